The summed E-state index contributed by atoms with van der Waals surface area (Å²) in [5.41, 5.74) is 7.22. The van der Waals surface area contributed by atoms with Crippen LogP contribution in [-0.4, -0.2) is 0 Å². The Kier molecular flexibility index (Phi) is 6.44. The average Bonchev–Trinajstić information content (AvgIpc) is 2.80. The van der Waals surface area contributed by atoms with Crippen LogP contribution in [0.3, 0.4) is 0 Å². The molecule has 4 rings (SSSR count). The van der Waals surface area contributed by atoms with Gasteiger partial charge in [0.25, 0.3) is 0 Å². The smallest absolute Gasteiger partial charge is 0.127 e. The van der Waals surface area contributed by atoms with Gasteiger partial charge in [-0.3, -0.25) is 0 Å². The lowest BCUT2D eigenvalue weighted by molar-refractivity contribution is 0.482. The molecule has 0 aliphatic rings. The van der Waals surface area contributed by atoms with Crippen LogP contribution in [0.25, 0.3) is 24.3 Å². The van der Waals surface area contributed by atoms with Crippen molar-refractivity contribution in [1.82, 2.24) is 0 Å². The van der Waals surface area contributed by atoms with Gasteiger partial charge in [0.2, 0.25) is 0 Å². The summed E-state index contributed by atoms with van der Waals surface area (Å²) >= 11 is 0. The van der Waals surface area contributed by atoms with Crippen molar-refractivity contribution in [1.29, 1.82) is 0 Å². The van der Waals surface area contributed by atoms with Gasteiger partial charge in [0.1, 0.15) is 11.5 Å². The van der Waals surface area contributed by atoms with Crippen LogP contribution in [0.1, 0.15) is 33.4 Å². The molecule has 0 unspecified atom stereocenters. The molecule has 0 saturated heterocycles. The van der Waals surface area contributed by atoms with E-state index in [2.05, 4.69) is 111 Å². The first kappa shape index (κ1) is 20.4. The van der Waals surface area contributed by atoms with Crippen LogP contribution in [0, 0.1) is 13.8 Å². The molecule has 0 saturated carbocycles. The Morgan fingerprint density at radius 2 is 0.645 bits per heavy atom. The standard InChI is InChI=1S/C30H26O/c1-23-3-7-25(8-4-23)11-13-27-15-19-29(20-16-27)31-30-21-17-28(18-22-30)14-12-26-9-5-24(2)6-10-26/h3-22H,1-2H3. The average molecular weight is 403 g/mol. The van der Waals surface area contributed by atoms with Crippen molar-refractivity contribution in [2.75, 3.05) is 0 Å². The summed E-state index contributed by atoms with van der Waals surface area (Å²) in [6.07, 6.45) is 8.48. The highest BCUT2D eigenvalue weighted by Gasteiger charge is 1.98. The Morgan fingerprint density at radius 3 is 0.935 bits per heavy atom. The van der Waals surface area contributed by atoms with Gasteiger partial charge in [0.05, 0.1) is 0 Å². The molecule has 0 spiro atoms. The third-order valence-corrected chi connectivity index (χ3v) is 5.09. The van der Waals surface area contributed by atoms with Crippen molar-refractivity contribution < 1.29 is 4.74 Å². The minimum Gasteiger partial charge on any atom is -0.457 e. The summed E-state index contributed by atoms with van der Waals surface area (Å²) in [5.74, 6) is 1.66. The number of rotatable bonds is 6. The summed E-state index contributed by atoms with van der Waals surface area (Å²) in [7, 11) is 0. The first-order chi connectivity index (χ1) is 15.1. The first-order valence-corrected chi connectivity index (χ1v) is 10.5. The molecule has 0 amide bonds. The quantitative estimate of drug-likeness (QED) is 0.294. The molecule has 0 radical (unpaired) electrons. The second-order valence-corrected chi connectivity index (χ2v) is 7.73. The Labute approximate surface area is 185 Å². The van der Waals surface area contributed by atoms with E-state index in [1.165, 1.54) is 22.3 Å². The lowest BCUT2D eigenvalue weighted by Gasteiger charge is -2.06. The maximum atomic E-state index is 5.99. The van der Waals surface area contributed by atoms with E-state index in [0.717, 1.165) is 22.6 Å². The fourth-order valence-corrected chi connectivity index (χ4v) is 3.17. The molecular weight excluding hydrogens is 376 g/mol. The second kappa shape index (κ2) is 9.77. The zero-order chi connectivity index (χ0) is 21.5. The van der Waals surface area contributed by atoms with E-state index < -0.39 is 0 Å². The van der Waals surface area contributed by atoms with Gasteiger partial charge >= 0.3 is 0 Å². The maximum Gasteiger partial charge on any atom is 0.127 e. The number of hydrogen-bond donors (Lipinski definition) is 0. The van der Waals surface area contributed by atoms with Crippen LogP contribution in [0.2, 0.25) is 0 Å². The number of benzene rings is 4. The summed E-state index contributed by atoms with van der Waals surface area (Å²) in [6, 6.07) is 33.3. The number of aryl methyl sites for hydroxylation is 2. The molecule has 0 aliphatic heterocycles. The highest BCUT2D eigenvalue weighted by Crippen LogP contribution is 2.23. The van der Waals surface area contributed by atoms with E-state index >= 15 is 0 Å². The zero-order valence-electron chi connectivity index (χ0n) is 18.0. The predicted octanol–water partition coefficient (Wildman–Crippen LogP) is 8.44. The van der Waals surface area contributed by atoms with Gasteiger partial charge in [-0.05, 0) is 60.4 Å². The largest absolute Gasteiger partial charge is 0.457 e. The fourth-order valence-electron chi connectivity index (χ4n) is 3.17. The van der Waals surface area contributed by atoms with E-state index in [4.69, 9.17) is 4.74 Å². The van der Waals surface area contributed by atoms with Gasteiger partial charge in [-0.15, -0.1) is 0 Å². The molecule has 31 heavy (non-hydrogen) atoms. The Balaban J connectivity index is 1.35. The van der Waals surface area contributed by atoms with Gasteiger partial charge in [-0.25, -0.2) is 0 Å². The summed E-state index contributed by atoms with van der Waals surface area (Å²) in [5, 5.41) is 0. The molecular formula is C30H26O. The van der Waals surface area contributed by atoms with Gasteiger partial charge < -0.3 is 4.74 Å². The van der Waals surface area contributed by atoms with Crippen LogP contribution >= 0.6 is 0 Å². The van der Waals surface area contributed by atoms with Gasteiger partial charge in [-0.2, -0.15) is 0 Å². The SMILES string of the molecule is Cc1ccc(C=Cc2ccc(Oc3ccc(C=Cc4ccc(C)cc4)cc3)cc2)cc1. The lowest BCUT2D eigenvalue weighted by Crippen LogP contribution is -1.84. The maximum absolute atomic E-state index is 5.99. The van der Waals surface area contributed by atoms with Gasteiger partial charge in [0.15, 0.2) is 0 Å². The summed E-state index contributed by atoms with van der Waals surface area (Å²) in [4.78, 5) is 0. The van der Waals surface area contributed by atoms with Gasteiger partial charge in [0, 0.05) is 0 Å². The van der Waals surface area contributed by atoms with Crippen molar-refractivity contribution in [3.63, 3.8) is 0 Å². The normalized spacial score (nSPS) is 11.3. The van der Waals surface area contributed by atoms with E-state index in [1.54, 1.807) is 0 Å². The minimum absolute atomic E-state index is 0.829. The number of hydrogen-bond acceptors (Lipinski definition) is 1. The molecule has 0 aliphatic carbocycles. The minimum atomic E-state index is 0.829. The zero-order valence-corrected chi connectivity index (χ0v) is 18.0. The van der Waals surface area contributed by atoms with Crippen LogP contribution < -0.4 is 4.74 Å². The third kappa shape index (κ3) is 6.07. The first-order valence-electron chi connectivity index (χ1n) is 10.5. The number of ether oxygens (including phenoxy) is 1. The summed E-state index contributed by atoms with van der Waals surface area (Å²) in [6.45, 7) is 4.20. The van der Waals surface area contributed by atoms with E-state index in [-0.39, 0.29) is 0 Å². The summed E-state index contributed by atoms with van der Waals surface area (Å²) < 4.78 is 5.99. The molecule has 0 N–H and O–H groups in total. The Morgan fingerprint density at radius 1 is 0.387 bits per heavy atom. The molecule has 0 fully saturated rings. The molecule has 4 aromatic rings. The topological polar surface area (TPSA) is 9.23 Å². The predicted molar refractivity (Wildman–Crippen MR) is 133 cm³/mol. The van der Waals surface area contributed by atoms with Crippen LogP contribution in [0.15, 0.2) is 97.1 Å². The van der Waals surface area contributed by atoms with Crippen LogP contribution in [-0.2, 0) is 0 Å². The molecule has 0 atom stereocenters. The molecule has 4 aromatic carbocycles. The van der Waals surface area contributed by atoms with Gasteiger partial charge in [-0.1, -0.05) is 108 Å². The Bertz CT molecular complexity index is 1060. The molecule has 0 aromatic heterocycles. The van der Waals surface area contributed by atoms with Crippen LogP contribution in [0.5, 0.6) is 11.5 Å². The monoisotopic (exact) mass is 402 g/mol. The molecule has 1 nitrogen and oxygen atoms in total. The fraction of sp³-hybridized carbons (Fsp3) is 0.0667. The lowest BCUT2D eigenvalue weighted by atomic mass is 10.1. The molecule has 0 bridgehead atoms. The van der Waals surface area contributed by atoms with E-state index in [1.807, 2.05) is 24.3 Å². The highest BCUT2D eigenvalue weighted by molar-refractivity contribution is 5.71. The molecule has 0 heterocycles. The van der Waals surface area contributed by atoms with Crippen molar-refractivity contribution in [2.24, 2.45) is 0 Å². The van der Waals surface area contributed by atoms with E-state index in [9.17, 15) is 0 Å². The molecule has 1 heteroatoms. The van der Waals surface area contributed by atoms with Crippen molar-refractivity contribution >= 4 is 24.3 Å². The van der Waals surface area contributed by atoms with Crippen molar-refractivity contribution in [3.8, 4) is 11.5 Å². The molecule has 152 valence electrons. The van der Waals surface area contributed by atoms with E-state index in [0.29, 0.717) is 0 Å². The Hall–Kier alpha value is -3.84. The highest BCUT2D eigenvalue weighted by atomic mass is 16.5. The third-order valence-electron chi connectivity index (χ3n) is 5.09. The van der Waals surface area contributed by atoms with Crippen molar-refractivity contribution in [2.45, 2.75) is 13.8 Å². The van der Waals surface area contributed by atoms with Crippen LogP contribution in [0.4, 0.5) is 0 Å². The second-order valence-electron chi connectivity index (χ2n) is 7.73. The van der Waals surface area contributed by atoms with Crippen molar-refractivity contribution in [3.05, 3.63) is 130 Å².